The highest BCUT2D eigenvalue weighted by Gasteiger charge is 2.49. The van der Waals surface area contributed by atoms with Gasteiger partial charge in [0.2, 0.25) is 5.91 Å². The number of hydrogen-bond acceptors (Lipinski definition) is 6. The van der Waals surface area contributed by atoms with Crippen molar-refractivity contribution in [2.24, 2.45) is 5.73 Å². The predicted octanol–water partition coefficient (Wildman–Crippen LogP) is 3.38. The highest BCUT2D eigenvalue weighted by atomic mass is 32.1. The third-order valence-electron chi connectivity index (χ3n) is 5.35. The Kier molecular flexibility index (Phi) is 4.06. The molecule has 1 amide bonds. The lowest BCUT2D eigenvalue weighted by atomic mass is 9.77. The van der Waals surface area contributed by atoms with Crippen molar-refractivity contribution in [1.82, 2.24) is 0 Å². The molecule has 1 unspecified atom stereocenters. The molecule has 1 atom stereocenters. The first-order valence-electron chi connectivity index (χ1n) is 9.20. The molecular weight excluding hydrogens is 386 g/mol. The fourth-order valence-electron chi connectivity index (χ4n) is 4.12. The normalized spacial score (nSPS) is 18.6. The molecule has 146 valence electrons. The Morgan fingerprint density at radius 3 is 2.55 bits per heavy atom. The van der Waals surface area contributed by atoms with Gasteiger partial charge in [-0.05, 0) is 47.5 Å². The number of nitrogens with two attached hydrogens (primary N) is 2. The van der Waals surface area contributed by atoms with Gasteiger partial charge >= 0.3 is 0 Å². The van der Waals surface area contributed by atoms with E-state index in [0.717, 1.165) is 27.1 Å². The van der Waals surface area contributed by atoms with Crippen molar-refractivity contribution in [3.05, 3.63) is 76.9 Å². The molecule has 3 aromatic carbocycles. The molecule has 29 heavy (non-hydrogen) atoms. The molecule has 0 fully saturated rings. The van der Waals surface area contributed by atoms with Crippen LogP contribution in [-0.4, -0.2) is 12.5 Å². The number of carbonyl (C=O) groups is 1. The number of benzene rings is 3. The van der Waals surface area contributed by atoms with Gasteiger partial charge in [-0.1, -0.05) is 6.07 Å². The van der Waals surface area contributed by atoms with Crippen molar-refractivity contribution in [2.75, 3.05) is 17.6 Å². The van der Waals surface area contributed by atoms with Gasteiger partial charge in [-0.3, -0.25) is 4.79 Å². The summed E-state index contributed by atoms with van der Waals surface area (Å²) in [7, 11) is 0. The summed E-state index contributed by atoms with van der Waals surface area (Å²) in [5.74, 6) is 0.951. The number of carbonyl (C=O) groups excluding carboxylic acids is 1. The number of thiol groups is 1. The van der Waals surface area contributed by atoms with Crippen LogP contribution in [0, 0.1) is 0 Å². The molecule has 6 nitrogen and oxygen atoms in total. The van der Waals surface area contributed by atoms with E-state index >= 15 is 0 Å². The molecule has 0 saturated carbocycles. The van der Waals surface area contributed by atoms with E-state index in [0.29, 0.717) is 29.5 Å². The molecule has 5 N–H and O–H groups in total. The van der Waals surface area contributed by atoms with E-state index < -0.39 is 5.60 Å². The number of fused-ring (bicyclic) bond motifs is 6. The van der Waals surface area contributed by atoms with Gasteiger partial charge in [0.15, 0.2) is 5.60 Å². The van der Waals surface area contributed by atoms with E-state index in [2.05, 4.69) is 17.9 Å². The molecule has 0 aromatic heterocycles. The van der Waals surface area contributed by atoms with Gasteiger partial charge in [0, 0.05) is 39.5 Å². The van der Waals surface area contributed by atoms with Gasteiger partial charge in [-0.25, -0.2) is 0 Å². The van der Waals surface area contributed by atoms with E-state index in [1.165, 1.54) is 0 Å². The highest BCUT2D eigenvalue weighted by Crippen LogP contribution is 2.56. The molecule has 0 aliphatic carbocycles. The fourth-order valence-corrected chi connectivity index (χ4v) is 4.35. The molecule has 2 aliphatic heterocycles. The predicted molar refractivity (Wildman–Crippen MR) is 113 cm³/mol. The molecule has 3 aromatic rings. The molecule has 1 spiro atoms. The van der Waals surface area contributed by atoms with Crippen LogP contribution in [0.5, 0.6) is 11.5 Å². The Morgan fingerprint density at radius 2 is 1.76 bits per heavy atom. The van der Waals surface area contributed by atoms with Crippen molar-refractivity contribution in [3.63, 3.8) is 0 Å². The lowest BCUT2D eigenvalue weighted by molar-refractivity contribution is -0.114. The first-order valence-corrected chi connectivity index (χ1v) is 9.64. The zero-order chi connectivity index (χ0) is 20.2. The van der Waals surface area contributed by atoms with Gasteiger partial charge in [-0.2, -0.15) is 0 Å². The summed E-state index contributed by atoms with van der Waals surface area (Å²) in [6.45, 7) is 0.364. The van der Waals surface area contributed by atoms with Gasteiger partial charge < -0.3 is 26.3 Å². The largest absolute Gasteiger partial charge is 0.456 e. The quantitative estimate of drug-likeness (QED) is 0.387. The first kappa shape index (κ1) is 18.1. The van der Waals surface area contributed by atoms with Crippen molar-refractivity contribution < 1.29 is 14.3 Å². The SMILES string of the molecule is NCC(=O)Nc1ccc2c(c1)Oc1cc(N)ccc1C21OCc2cc(S)ccc21. The van der Waals surface area contributed by atoms with E-state index in [1.54, 1.807) is 12.1 Å². The van der Waals surface area contributed by atoms with Crippen molar-refractivity contribution >= 4 is 29.9 Å². The summed E-state index contributed by atoms with van der Waals surface area (Å²) >= 11 is 4.47. The Labute approximate surface area is 173 Å². The third kappa shape index (κ3) is 2.70. The van der Waals surface area contributed by atoms with Crippen LogP contribution in [0.15, 0.2) is 59.5 Å². The van der Waals surface area contributed by atoms with Crippen molar-refractivity contribution in [3.8, 4) is 11.5 Å². The zero-order valence-corrected chi connectivity index (χ0v) is 16.3. The van der Waals surface area contributed by atoms with E-state index in [9.17, 15) is 4.79 Å². The summed E-state index contributed by atoms with van der Waals surface area (Å²) in [5, 5.41) is 2.76. The number of nitrogens with one attached hydrogen (secondary N) is 1. The number of hydrogen-bond donors (Lipinski definition) is 4. The highest BCUT2D eigenvalue weighted by molar-refractivity contribution is 7.80. The summed E-state index contributed by atoms with van der Waals surface area (Å²) < 4.78 is 12.7. The maximum absolute atomic E-state index is 11.7. The fraction of sp³-hybridized carbons (Fsp3) is 0.136. The molecular formula is C22H19N3O3S. The van der Waals surface area contributed by atoms with Gasteiger partial charge in [-0.15, -0.1) is 12.6 Å². The smallest absolute Gasteiger partial charge is 0.238 e. The van der Waals surface area contributed by atoms with Crippen LogP contribution in [0.25, 0.3) is 0 Å². The number of amides is 1. The van der Waals surface area contributed by atoms with Crippen LogP contribution >= 0.6 is 12.6 Å². The molecule has 7 heteroatoms. The maximum atomic E-state index is 11.7. The molecule has 2 aliphatic rings. The van der Waals surface area contributed by atoms with Gasteiger partial charge in [0.25, 0.3) is 0 Å². The Balaban J connectivity index is 1.74. The zero-order valence-electron chi connectivity index (χ0n) is 15.4. The Hall–Kier alpha value is -3.00. The van der Waals surface area contributed by atoms with Crippen molar-refractivity contribution in [1.29, 1.82) is 0 Å². The molecule has 0 saturated heterocycles. The van der Waals surface area contributed by atoms with Crippen LogP contribution in [-0.2, 0) is 21.7 Å². The summed E-state index contributed by atoms with van der Waals surface area (Å²) in [4.78, 5) is 12.6. The minimum absolute atomic E-state index is 0.0935. The molecule has 2 heterocycles. The Bertz CT molecular complexity index is 1160. The molecule has 5 rings (SSSR count). The second kappa shape index (κ2) is 6.52. The number of rotatable bonds is 2. The average molecular weight is 405 g/mol. The van der Waals surface area contributed by atoms with Gasteiger partial charge in [0.05, 0.1) is 13.2 Å². The second-order valence-corrected chi connectivity index (χ2v) is 7.65. The molecule has 0 bridgehead atoms. The summed E-state index contributed by atoms with van der Waals surface area (Å²) in [6.07, 6.45) is 0. The van der Waals surface area contributed by atoms with Crippen LogP contribution in [0.4, 0.5) is 11.4 Å². The monoisotopic (exact) mass is 405 g/mol. The topological polar surface area (TPSA) is 99.6 Å². The van der Waals surface area contributed by atoms with Crippen LogP contribution in [0.3, 0.4) is 0 Å². The van der Waals surface area contributed by atoms with E-state index in [-0.39, 0.29) is 12.5 Å². The summed E-state index contributed by atoms with van der Waals surface area (Å²) in [6, 6.07) is 17.1. The van der Waals surface area contributed by atoms with Crippen LogP contribution in [0.1, 0.15) is 22.3 Å². The van der Waals surface area contributed by atoms with E-state index in [1.807, 2.05) is 42.5 Å². The number of nitrogen functional groups attached to an aromatic ring is 1. The first-order chi connectivity index (χ1) is 14.0. The van der Waals surface area contributed by atoms with Crippen LogP contribution < -0.4 is 21.5 Å². The number of anilines is 2. The third-order valence-corrected chi connectivity index (χ3v) is 5.63. The lowest BCUT2D eigenvalue weighted by Gasteiger charge is -2.37. The van der Waals surface area contributed by atoms with Crippen LogP contribution in [0.2, 0.25) is 0 Å². The standard InChI is InChI=1S/C22H19N3O3S/c23-10-21(26)25-14-2-5-18-20(9-14)28-19-8-13(24)1-4-17(19)22(18)16-6-3-15(29)7-12(16)11-27-22/h1-9,29H,10-11,23-24H2,(H,25,26). The van der Waals surface area contributed by atoms with Crippen molar-refractivity contribution in [2.45, 2.75) is 17.1 Å². The lowest BCUT2D eigenvalue weighted by Crippen LogP contribution is -2.32. The number of ether oxygens (including phenoxy) is 2. The minimum Gasteiger partial charge on any atom is -0.456 e. The Morgan fingerprint density at radius 1 is 1.03 bits per heavy atom. The minimum atomic E-state index is -0.816. The molecule has 0 radical (unpaired) electrons. The average Bonchev–Trinajstić information content (AvgIpc) is 3.06. The summed E-state index contributed by atoms with van der Waals surface area (Å²) in [5.41, 5.74) is 15.7. The second-order valence-electron chi connectivity index (χ2n) is 7.13. The maximum Gasteiger partial charge on any atom is 0.238 e. The van der Waals surface area contributed by atoms with E-state index in [4.69, 9.17) is 20.9 Å². The van der Waals surface area contributed by atoms with Gasteiger partial charge in [0.1, 0.15) is 11.5 Å².